The van der Waals surface area contributed by atoms with E-state index >= 15 is 0 Å². The maximum absolute atomic E-state index is 14.4. The summed E-state index contributed by atoms with van der Waals surface area (Å²) in [5.74, 6) is -1.15. The van der Waals surface area contributed by atoms with Crippen molar-refractivity contribution in [2.24, 2.45) is 5.73 Å². The molecule has 0 saturated heterocycles. The molecule has 0 bridgehead atoms. The van der Waals surface area contributed by atoms with Crippen LogP contribution in [0.1, 0.15) is 46.9 Å². The Kier molecular flexibility index (Phi) is 4.59. The van der Waals surface area contributed by atoms with Crippen LogP contribution in [-0.4, -0.2) is 33.2 Å². The Morgan fingerprint density at radius 2 is 2.13 bits per heavy atom. The number of hydrogen-bond acceptors (Lipinski definition) is 4. The highest BCUT2D eigenvalue weighted by atomic mass is 19.1. The summed E-state index contributed by atoms with van der Waals surface area (Å²) in [5.41, 5.74) is 11.9. The minimum Gasteiger partial charge on any atom is -0.491 e. The number of aryl methyl sites for hydroxylation is 1. The molecule has 0 radical (unpaired) electrons. The van der Waals surface area contributed by atoms with E-state index in [0.29, 0.717) is 48.4 Å². The fourth-order valence-corrected chi connectivity index (χ4v) is 4.42. The zero-order valence-corrected chi connectivity index (χ0v) is 17.3. The molecule has 7 heteroatoms. The number of rotatable bonds is 6. The summed E-state index contributed by atoms with van der Waals surface area (Å²) < 4.78 is 19.7. The Balaban J connectivity index is 1.58. The number of halogens is 1. The summed E-state index contributed by atoms with van der Waals surface area (Å²) in [4.78, 5) is 20.0. The number of benzene rings is 1. The molecule has 2 aromatic heterocycles. The number of pyridine rings is 1. The van der Waals surface area contributed by atoms with Crippen molar-refractivity contribution in [3.63, 3.8) is 0 Å². The lowest BCUT2D eigenvalue weighted by molar-refractivity contribution is 0.0694. The van der Waals surface area contributed by atoms with E-state index in [2.05, 4.69) is 9.97 Å². The average molecular weight is 421 g/mol. The predicted octanol–water partition coefficient (Wildman–Crippen LogP) is 4.11. The van der Waals surface area contributed by atoms with Gasteiger partial charge >= 0.3 is 5.97 Å². The summed E-state index contributed by atoms with van der Waals surface area (Å²) in [6.07, 6.45) is 5.48. The van der Waals surface area contributed by atoms with Gasteiger partial charge in [0.05, 0.1) is 23.6 Å². The molecule has 1 saturated carbocycles. The molecule has 2 aliphatic rings. The number of nitrogens with zero attached hydrogens (tertiary/aromatic N) is 1. The SMILES string of the molecule is CCOc1ccc(-c2cc3c(cn2)CCc2c-3[nH]c(CC3(N)CC3)c2C(=O)O)cc1F. The van der Waals surface area contributed by atoms with Crippen LogP contribution in [0.5, 0.6) is 5.75 Å². The summed E-state index contributed by atoms with van der Waals surface area (Å²) >= 11 is 0. The summed E-state index contributed by atoms with van der Waals surface area (Å²) in [6.45, 7) is 2.20. The van der Waals surface area contributed by atoms with Crippen molar-refractivity contribution < 1.29 is 19.0 Å². The van der Waals surface area contributed by atoms with Gasteiger partial charge in [0, 0.05) is 35.0 Å². The minimum absolute atomic E-state index is 0.211. The van der Waals surface area contributed by atoms with Crippen molar-refractivity contribution in [3.05, 3.63) is 58.7 Å². The number of hydrogen-bond donors (Lipinski definition) is 3. The smallest absolute Gasteiger partial charge is 0.337 e. The number of aromatic nitrogens is 2. The minimum atomic E-state index is -0.928. The molecular formula is C24H24FN3O3. The Morgan fingerprint density at radius 3 is 2.81 bits per heavy atom. The van der Waals surface area contributed by atoms with Crippen LogP contribution >= 0.6 is 0 Å². The van der Waals surface area contributed by atoms with Gasteiger partial charge in [-0.05, 0) is 68.0 Å². The molecule has 1 aromatic carbocycles. The topological polar surface area (TPSA) is 101 Å². The normalized spacial score (nSPS) is 15.8. The highest BCUT2D eigenvalue weighted by molar-refractivity contribution is 5.95. The van der Waals surface area contributed by atoms with E-state index in [4.69, 9.17) is 10.5 Å². The Labute approximate surface area is 179 Å². The number of carboxylic acid groups (broad SMARTS) is 1. The van der Waals surface area contributed by atoms with E-state index in [1.807, 2.05) is 13.0 Å². The van der Waals surface area contributed by atoms with Crippen LogP contribution in [0.3, 0.4) is 0 Å². The van der Waals surface area contributed by atoms with E-state index in [0.717, 1.165) is 35.2 Å². The van der Waals surface area contributed by atoms with E-state index in [1.165, 1.54) is 6.07 Å². The maximum Gasteiger partial charge on any atom is 0.337 e. The zero-order chi connectivity index (χ0) is 21.8. The number of H-pyrrole nitrogens is 1. The lowest BCUT2D eigenvalue weighted by Gasteiger charge is -2.17. The number of fused-ring (bicyclic) bond motifs is 3. The molecule has 0 atom stereocenters. The molecule has 4 N–H and O–H groups in total. The first-order chi connectivity index (χ1) is 14.9. The van der Waals surface area contributed by atoms with Crippen molar-refractivity contribution in [2.75, 3.05) is 6.61 Å². The molecule has 0 unspecified atom stereocenters. The molecule has 2 aliphatic carbocycles. The average Bonchev–Trinajstić information content (AvgIpc) is 3.34. The van der Waals surface area contributed by atoms with Crippen molar-refractivity contribution in [3.8, 4) is 28.3 Å². The van der Waals surface area contributed by atoms with Crippen LogP contribution in [0.25, 0.3) is 22.5 Å². The number of ether oxygens (including phenoxy) is 1. The van der Waals surface area contributed by atoms with Crippen LogP contribution in [0.4, 0.5) is 4.39 Å². The highest BCUT2D eigenvalue weighted by Gasteiger charge is 2.40. The second-order valence-electron chi connectivity index (χ2n) is 8.48. The van der Waals surface area contributed by atoms with Crippen LogP contribution in [0, 0.1) is 5.82 Å². The first-order valence-corrected chi connectivity index (χ1v) is 10.6. The Morgan fingerprint density at radius 1 is 1.32 bits per heavy atom. The van der Waals surface area contributed by atoms with Crippen LogP contribution < -0.4 is 10.5 Å². The van der Waals surface area contributed by atoms with Crippen LogP contribution in [-0.2, 0) is 19.3 Å². The first kappa shape index (κ1) is 19.8. The van der Waals surface area contributed by atoms with Gasteiger partial charge in [-0.25, -0.2) is 9.18 Å². The predicted molar refractivity (Wildman–Crippen MR) is 115 cm³/mol. The summed E-state index contributed by atoms with van der Waals surface area (Å²) in [7, 11) is 0. The lowest BCUT2D eigenvalue weighted by Crippen LogP contribution is -2.25. The van der Waals surface area contributed by atoms with Gasteiger partial charge in [0.2, 0.25) is 0 Å². The van der Waals surface area contributed by atoms with Crippen molar-refractivity contribution in [1.29, 1.82) is 0 Å². The number of nitrogens with two attached hydrogens (primary N) is 1. The van der Waals surface area contributed by atoms with Gasteiger partial charge < -0.3 is 20.6 Å². The molecule has 31 heavy (non-hydrogen) atoms. The number of aromatic carboxylic acids is 1. The van der Waals surface area contributed by atoms with Gasteiger partial charge in [-0.1, -0.05) is 0 Å². The lowest BCUT2D eigenvalue weighted by atomic mass is 9.88. The molecule has 0 amide bonds. The van der Waals surface area contributed by atoms with Gasteiger partial charge in [0.15, 0.2) is 11.6 Å². The van der Waals surface area contributed by atoms with E-state index < -0.39 is 11.8 Å². The molecule has 3 aromatic rings. The number of carboxylic acids is 1. The van der Waals surface area contributed by atoms with E-state index in [-0.39, 0.29) is 11.3 Å². The second-order valence-corrected chi connectivity index (χ2v) is 8.48. The van der Waals surface area contributed by atoms with Crippen LogP contribution in [0.2, 0.25) is 0 Å². The summed E-state index contributed by atoms with van der Waals surface area (Å²) in [6, 6.07) is 6.70. The zero-order valence-electron chi connectivity index (χ0n) is 17.3. The van der Waals surface area contributed by atoms with E-state index in [9.17, 15) is 14.3 Å². The molecule has 1 fully saturated rings. The van der Waals surface area contributed by atoms with Gasteiger partial charge in [-0.15, -0.1) is 0 Å². The van der Waals surface area contributed by atoms with Crippen molar-refractivity contribution in [2.45, 2.75) is 44.6 Å². The molecule has 6 nitrogen and oxygen atoms in total. The molecule has 0 spiro atoms. The Hall–Kier alpha value is -3.19. The fourth-order valence-electron chi connectivity index (χ4n) is 4.42. The fraction of sp³-hybridized carbons (Fsp3) is 0.333. The third-order valence-corrected chi connectivity index (χ3v) is 6.24. The summed E-state index contributed by atoms with van der Waals surface area (Å²) in [5, 5.41) is 9.88. The standard InChI is InChI=1S/C24H24FN3O3/c1-2-31-20-6-4-13(9-17(20)25)18-10-16-14(12-27-18)3-5-15-21(23(29)30)19(28-22(15)16)11-24(26)7-8-24/h4,6,9-10,12,28H,2-3,5,7-8,11,26H2,1H3,(H,29,30). The molecule has 2 heterocycles. The van der Waals surface area contributed by atoms with Crippen LogP contribution in [0.15, 0.2) is 30.5 Å². The molecule has 160 valence electrons. The van der Waals surface area contributed by atoms with Crippen molar-refractivity contribution >= 4 is 5.97 Å². The maximum atomic E-state index is 14.4. The van der Waals surface area contributed by atoms with Gasteiger partial charge in [-0.2, -0.15) is 0 Å². The third kappa shape index (κ3) is 3.49. The van der Waals surface area contributed by atoms with Crippen molar-refractivity contribution in [1.82, 2.24) is 9.97 Å². The van der Waals surface area contributed by atoms with Gasteiger partial charge in [0.25, 0.3) is 0 Å². The number of carbonyl (C=O) groups is 1. The highest BCUT2D eigenvalue weighted by Crippen LogP contribution is 2.41. The first-order valence-electron chi connectivity index (χ1n) is 10.6. The third-order valence-electron chi connectivity index (χ3n) is 6.24. The van der Waals surface area contributed by atoms with Gasteiger partial charge in [0.1, 0.15) is 0 Å². The number of nitrogens with one attached hydrogen (secondary N) is 1. The monoisotopic (exact) mass is 421 g/mol. The molecule has 5 rings (SSSR count). The largest absolute Gasteiger partial charge is 0.491 e. The van der Waals surface area contributed by atoms with E-state index in [1.54, 1.807) is 18.3 Å². The van der Waals surface area contributed by atoms with Gasteiger partial charge in [-0.3, -0.25) is 4.98 Å². The second kappa shape index (κ2) is 7.20. The quantitative estimate of drug-likeness (QED) is 0.556. The number of aromatic amines is 1. The Bertz CT molecular complexity index is 1200. The molecular weight excluding hydrogens is 397 g/mol. The molecule has 0 aliphatic heterocycles.